The second-order valence-electron chi connectivity index (χ2n) is 4.96. The van der Waals surface area contributed by atoms with Gasteiger partial charge in [-0.2, -0.15) is 0 Å². The number of benzene rings is 1. The van der Waals surface area contributed by atoms with E-state index >= 15 is 0 Å². The third-order valence-electron chi connectivity index (χ3n) is 2.68. The van der Waals surface area contributed by atoms with Crippen molar-refractivity contribution in [2.75, 3.05) is 17.0 Å². The van der Waals surface area contributed by atoms with Crippen molar-refractivity contribution < 1.29 is 12.8 Å². The minimum Gasteiger partial charge on any atom is -0.314 e. The first-order valence-corrected chi connectivity index (χ1v) is 8.85. The zero-order valence-corrected chi connectivity index (χ0v) is 14.2. The normalized spacial score (nSPS) is 11.9. The van der Waals surface area contributed by atoms with Crippen LogP contribution in [0.2, 0.25) is 0 Å². The van der Waals surface area contributed by atoms with E-state index in [9.17, 15) is 12.8 Å². The average molecular weight is 367 g/mol. The van der Waals surface area contributed by atoms with E-state index in [0.29, 0.717) is 29.0 Å². The highest BCUT2D eigenvalue weighted by Crippen LogP contribution is 2.24. The lowest BCUT2D eigenvalue weighted by Gasteiger charge is -2.12. The van der Waals surface area contributed by atoms with Crippen LogP contribution in [0.25, 0.3) is 0 Å². The van der Waals surface area contributed by atoms with Crippen molar-refractivity contribution in [2.24, 2.45) is 0 Å². The van der Waals surface area contributed by atoms with E-state index < -0.39 is 15.8 Å². The van der Waals surface area contributed by atoms with Gasteiger partial charge >= 0.3 is 0 Å². The Labute approximate surface area is 128 Å². The molecule has 0 fully saturated rings. The highest BCUT2D eigenvalue weighted by atomic mass is 79.9. The largest absolute Gasteiger partial charge is 0.314 e. The van der Waals surface area contributed by atoms with Crippen LogP contribution in [-0.2, 0) is 10.0 Å². The molecule has 0 aliphatic rings. The first-order valence-electron chi connectivity index (χ1n) is 6.41. The minimum absolute atomic E-state index is 0.00381. The Kier molecular flexibility index (Phi) is 6.42. The zero-order valence-electron chi connectivity index (χ0n) is 11.8. The molecule has 0 spiro atoms. The lowest BCUT2D eigenvalue weighted by molar-refractivity contribution is 0.571. The van der Waals surface area contributed by atoms with Gasteiger partial charge in [0, 0.05) is 6.04 Å². The SMILES string of the molecule is Cc1cc(Br)c(F)cc1NS(=O)(=O)CCCNC(C)C. The second kappa shape index (κ2) is 7.38. The van der Waals surface area contributed by atoms with Crippen molar-refractivity contribution in [3.63, 3.8) is 0 Å². The average Bonchev–Trinajstić information content (AvgIpc) is 2.31. The summed E-state index contributed by atoms with van der Waals surface area (Å²) in [6.07, 6.45) is 0.506. The van der Waals surface area contributed by atoms with Gasteiger partial charge in [-0.3, -0.25) is 4.72 Å². The van der Waals surface area contributed by atoms with Crippen LogP contribution >= 0.6 is 15.9 Å². The highest BCUT2D eigenvalue weighted by molar-refractivity contribution is 9.10. The molecule has 1 rings (SSSR count). The maximum Gasteiger partial charge on any atom is 0.232 e. The summed E-state index contributed by atoms with van der Waals surface area (Å²) in [5.41, 5.74) is 0.949. The van der Waals surface area contributed by atoms with Crippen molar-refractivity contribution in [3.05, 3.63) is 28.0 Å². The molecule has 0 saturated carbocycles. The molecule has 0 aliphatic carbocycles. The molecule has 0 amide bonds. The van der Waals surface area contributed by atoms with E-state index in [-0.39, 0.29) is 11.4 Å². The number of sulfonamides is 1. The van der Waals surface area contributed by atoms with E-state index in [4.69, 9.17) is 0 Å². The number of nitrogens with one attached hydrogen (secondary N) is 2. The van der Waals surface area contributed by atoms with Gasteiger partial charge < -0.3 is 5.32 Å². The molecule has 20 heavy (non-hydrogen) atoms. The van der Waals surface area contributed by atoms with Crippen LogP contribution in [0.1, 0.15) is 25.8 Å². The maximum atomic E-state index is 13.4. The highest BCUT2D eigenvalue weighted by Gasteiger charge is 2.13. The van der Waals surface area contributed by atoms with Gasteiger partial charge in [0.15, 0.2) is 0 Å². The summed E-state index contributed by atoms with van der Waals surface area (Å²) in [5, 5.41) is 3.15. The number of anilines is 1. The summed E-state index contributed by atoms with van der Waals surface area (Å²) >= 11 is 3.06. The van der Waals surface area contributed by atoms with Gasteiger partial charge in [-0.25, -0.2) is 12.8 Å². The van der Waals surface area contributed by atoms with Crippen LogP contribution in [0.3, 0.4) is 0 Å². The predicted molar refractivity (Wildman–Crippen MR) is 84.0 cm³/mol. The molecule has 0 heterocycles. The number of halogens is 2. The summed E-state index contributed by atoms with van der Waals surface area (Å²) in [5.74, 6) is -0.487. The monoisotopic (exact) mass is 366 g/mol. The van der Waals surface area contributed by atoms with Gasteiger partial charge in [-0.05, 0) is 53.5 Å². The topological polar surface area (TPSA) is 58.2 Å². The van der Waals surface area contributed by atoms with Crippen molar-refractivity contribution in [2.45, 2.75) is 33.2 Å². The standard InChI is InChI=1S/C13H20BrFN2O2S/c1-9(2)16-5-4-6-20(18,19)17-13-8-12(15)11(14)7-10(13)3/h7-9,16-17H,4-6H2,1-3H3. The first-order chi connectivity index (χ1) is 9.21. The molecular formula is C13H20BrFN2O2S. The molecule has 0 bridgehead atoms. The third-order valence-corrected chi connectivity index (χ3v) is 4.64. The van der Waals surface area contributed by atoms with Gasteiger partial charge in [0.1, 0.15) is 5.82 Å². The van der Waals surface area contributed by atoms with Gasteiger partial charge in [0.05, 0.1) is 15.9 Å². The Morgan fingerprint density at radius 1 is 1.35 bits per heavy atom. The summed E-state index contributed by atoms with van der Waals surface area (Å²) in [6, 6.07) is 3.06. The Hall–Kier alpha value is -0.660. The van der Waals surface area contributed by atoms with Gasteiger partial charge in [-0.1, -0.05) is 13.8 Å². The fourth-order valence-corrected chi connectivity index (χ4v) is 3.27. The van der Waals surface area contributed by atoms with Crippen molar-refractivity contribution in [1.82, 2.24) is 5.32 Å². The minimum atomic E-state index is -3.46. The summed E-state index contributed by atoms with van der Waals surface area (Å²) in [7, 11) is -3.46. The van der Waals surface area contributed by atoms with Crippen LogP contribution in [0, 0.1) is 12.7 Å². The molecule has 1 aromatic rings. The Bertz CT molecular complexity index is 562. The van der Waals surface area contributed by atoms with Crippen LogP contribution in [-0.4, -0.2) is 26.8 Å². The van der Waals surface area contributed by atoms with E-state index in [1.54, 1.807) is 13.0 Å². The molecular weight excluding hydrogens is 347 g/mol. The molecule has 4 nitrogen and oxygen atoms in total. The van der Waals surface area contributed by atoms with Crippen molar-refractivity contribution in [1.29, 1.82) is 0 Å². The number of hydrogen-bond donors (Lipinski definition) is 2. The van der Waals surface area contributed by atoms with Gasteiger partial charge in [0.2, 0.25) is 10.0 Å². The van der Waals surface area contributed by atoms with Gasteiger partial charge in [0.25, 0.3) is 0 Å². The Morgan fingerprint density at radius 3 is 2.60 bits per heavy atom. The quantitative estimate of drug-likeness (QED) is 0.729. The Balaban J connectivity index is 2.65. The van der Waals surface area contributed by atoms with E-state index in [1.165, 1.54) is 6.07 Å². The second-order valence-corrected chi connectivity index (χ2v) is 7.66. The molecule has 0 aromatic heterocycles. The molecule has 2 N–H and O–H groups in total. The van der Waals surface area contributed by atoms with Crippen molar-refractivity contribution in [3.8, 4) is 0 Å². The molecule has 1 aromatic carbocycles. The number of aryl methyl sites for hydroxylation is 1. The fourth-order valence-electron chi connectivity index (χ4n) is 1.63. The lowest BCUT2D eigenvalue weighted by atomic mass is 10.2. The van der Waals surface area contributed by atoms with Crippen LogP contribution in [0.4, 0.5) is 10.1 Å². The molecule has 0 saturated heterocycles. The fraction of sp³-hybridized carbons (Fsp3) is 0.538. The molecule has 0 aliphatic heterocycles. The number of hydrogen-bond acceptors (Lipinski definition) is 3. The molecule has 114 valence electrons. The first kappa shape index (κ1) is 17.4. The summed E-state index contributed by atoms with van der Waals surface area (Å²) < 4.78 is 40.0. The van der Waals surface area contributed by atoms with Crippen LogP contribution in [0.5, 0.6) is 0 Å². The van der Waals surface area contributed by atoms with Crippen molar-refractivity contribution >= 4 is 31.6 Å². The molecule has 0 atom stereocenters. The number of rotatable bonds is 7. The van der Waals surface area contributed by atoms with Crippen LogP contribution in [0.15, 0.2) is 16.6 Å². The molecule has 0 unspecified atom stereocenters. The van der Waals surface area contributed by atoms with E-state index in [2.05, 4.69) is 26.0 Å². The lowest BCUT2D eigenvalue weighted by Crippen LogP contribution is -2.26. The molecule has 7 heteroatoms. The summed E-state index contributed by atoms with van der Waals surface area (Å²) in [6.45, 7) is 6.36. The van der Waals surface area contributed by atoms with E-state index in [1.807, 2.05) is 13.8 Å². The predicted octanol–water partition coefficient (Wildman–Crippen LogP) is 3.03. The Morgan fingerprint density at radius 2 is 2.00 bits per heavy atom. The zero-order chi connectivity index (χ0) is 15.3. The van der Waals surface area contributed by atoms with E-state index in [0.717, 1.165) is 0 Å². The third kappa shape index (κ3) is 5.76. The molecule has 0 radical (unpaired) electrons. The maximum absolute atomic E-state index is 13.4. The summed E-state index contributed by atoms with van der Waals surface area (Å²) in [4.78, 5) is 0. The van der Waals surface area contributed by atoms with Crippen LogP contribution < -0.4 is 10.0 Å². The smallest absolute Gasteiger partial charge is 0.232 e. The van der Waals surface area contributed by atoms with Gasteiger partial charge in [-0.15, -0.1) is 0 Å².